The van der Waals surface area contributed by atoms with E-state index in [0.717, 1.165) is 24.8 Å². The summed E-state index contributed by atoms with van der Waals surface area (Å²) in [5, 5.41) is 12.0. The molecule has 4 nitrogen and oxygen atoms in total. The molecule has 2 atom stereocenters. The maximum Gasteiger partial charge on any atom is 0.308 e. The largest absolute Gasteiger partial charge is 0.481 e. The van der Waals surface area contributed by atoms with Gasteiger partial charge in [0.15, 0.2) is 0 Å². The minimum absolute atomic E-state index is 0.00134. The van der Waals surface area contributed by atoms with Gasteiger partial charge in [-0.25, -0.2) is 0 Å². The molecule has 1 aliphatic rings. The lowest BCUT2D eigenvalue weighted by Gasteiger charge is -2.25. The first-order valence-electron chi connectivity index (χ1n) is 7.59. The van der Waals surface area contributed by atoms with E-state index in [1.807, 2.05) is 32.0 Å². The molecule has 0 saturated carbocycles. The number of carboxylic acids is 1. The number of hydrogen-bond donors (Lipinski definition) is 2. The van der Waals surface area contributed by atoms with E-state index < -0.39 is 11.9 Å². The molecule has 4 heteroatoms. The average molecular weight is 289 g/mol. The summed E-state index contributed by atoms with van der Waals surface area (Å²) in [4.78, 5) is 23.6. The molecule has 0 saturated heterocycles. The molecular formula is C17H23NO3. The number of amides is 1. The van der Waals surface area contributed by atoms with Gasteiger partial charge in [0, 0.05) is 6.54 Å². The third kappa shape index (κ3) is 3.63. The van der Waals surface area contributed by atoms with Crippen molar-refractivity contribution in [1.82, 2.24) is 5.32 Å². The third-order valence-corrected chi connectivity index (χ3v) is 4.30. The molecule has 0 fully saturated rings. The highest BCUT2D eigenvalue weighted by atomic mass is 16.4. The minimum atomic E-state index is -0.852. The second kappa shape index (κ2) is 6.74. The van der Waals surface area contributed by atoms with Crippen LogP contribution in [0.1, 0.15) is 43.7 Å². The van der Waals surface area contributed by atoms with E-state index in [2.05, 4.69) is 11.4 Å². The standard InChI is InChI=1S/C17H23NO3/c1-11(2)15(17(20)21)10-18-16(19)14-9-5-7-12-6-3-4-8-13(12)14/h3-4,6,8,11,14-15H,5,7,9-10H2,1-2H3,(H,18,19)(H,20,21). The van der Waals surface area contributed by atoms with Crippen LogP contribution in [0.25, 0.3) is 0 Å². The van der Waals surface area contributed by atoms with Crippen LogP contribution >= 0.6 is 0 Å². The Kier molecular flexibility index (Phi) is 4.99. The fourth-order valence-electron chi connectivity index (χ4n) is 2.97. The Morgan fingerprint density at radius 1 is 1.33 bits per heavy atom. The van der Waals surface area contributed by atoms with Crippen LogP contribution in [0.5, 0.6) is 0 Å². The van der Waals surface area contributed by atoms with E-state index in [9.17, 15) is 14.7 Å². The molecule has 2 unspecified atom stereocenters. The molecule has 2 N–H and O–H groups in total. The molecule has 1 amide bonds. The summed E-state index contributed by atoms with van der Waals surface area (Å²) in [6, 6.07) is 8.04. The summed E-state index contributed by atoms with van der Waals surface area (Å²) >= 11 is 0. The Balaban J connectivity index is 2.03. The van der Waals surface area contributed by atoms with Crippen LogP contribution in [0.15, 0.2) is 24.3 Å². The van der Waals surface area contributed by atoms with Crippen molar-refractivity contribution in [3.63, 3.8) is 0 Å². The normalized spacial score (nSPS) is 18.9. The first kappa shape index (κ1) is 15.5. The molecule has 0 spiro atoms. The molecule has 1 aromatic carbocycles. The summed E-state index contributed by atoms with van der Waals surface area (Å²) in [6.45, 7) is 3.92. The fourth-order valence-corrected chi connectivity index (χ4v) is 2.97. The Hall–Kier alpha value is -1.84. The first-order valence-corrected chi connectivity index (χ1v) is 7.59. The van der Waals surface area contributed by atoms with Crippen molar-refractivity contribution in [3.05, 3.63) is 35.4 Å². The number of carbonyl (C=O) groups is 2. The van der Waals surface area contributed by atoms with Crippen molar-refractivity contribution in [2.24, 2.45) is 11.8 Å². The van der Waals surface area contributed by atoms with Crippen molar-refractivity contribution in [3.8, 4) is 0 Å². The van der Waals surface area contributed by atoms with E-state index in [0.29, 0.717) is 0 Å². The zero-order chi connectivity index (χ0) is 15.4. The van der Waals surface area contributed by atoms with E-state index in [1.54, 1.807) is 0 Å². The molecule has 1 aromatic rings. The Bertz CT molecular complexity index is 525. The van der Waals surface area contributed by atoms with Crippen molar-refractivity contribution in [2.75, 3.05) is 6.54 Å². The minimum Gasteiger partial charge on any atom is -0.481 e. The summed E-state index contributed by atoms with van der Waals surface area (Å²) in [5.74, 6) is -1.57. The number of carbonyl (C=O) groups excluding carboxylic acids is 1. The second-order valence-corrected chi connectivity index (χ2v) is 6.08. The highest BCUT2D eigenvalue weighted by Crippen LogP contribution is 2.31. The maximum atomic E-state index is 12.4. The van der Waals surface area contributed by atoms with Gasteiger partial charge in [0.25, 0.3) is 0 Å². The van der Waals surface area contributed by atoms with E-state index >= 15 is 0 Å². The number of rotatable bonds is 5. The predicted molar refractivity (Wildman–Crippen MR) is 81.1 cm³/mol. The summed E-state index contributed by atoms with van der Waals surface area (Å²) in [5.41, 5.74) is 2.33. The number of nitrogens with one attached hydrogen (secondary N) is 1. The zero-order valence-corrected chi connectivity index (χ0v) is 12.6. The van der Waals surface area contributed by atoms with Gasteiger partial charge in [-0.1, -0.05) is 38.1 Å². The smallest absolute Gasteiger partial charge is 0.308 e. The average Bonchev–Trinajstić information content (AvgIpc) is 2.46. The van der Waals surface area contributed by atoms with Gasteiger partial charge in [0.05, 0.1) is 11.8 Å². The Morgan fingerprint density at radius 3 is 2.71 bits per heavy atom. The number of aliphatic carboxylic acids is 1. The molecule has 21 heavy (non-hydrogen) atoms. The Morgan fingerprint density at radius 2 is 2.05 bits per heavy atom. The van der Waals surface area contributed by atoms with Crippen LogP contribution in [0, 0.1) is 11.8 Å². The summed E-state index contributed by atoms with van der Waals surface area (Å²) in [6.07, 6.45) is 2.85. The lowest BCUT2D eigenvalue weighted by Crippen LogP contribution is -2.38. The molecule has 0 radical (unpaired) electrons. The number of aryl methyl sites for hydroxylation is 1. The van der Waals surface area contributed by atoms with Gasteiger partial charge in [-0.2, -0.15) is 0 Å². The lowest BCUT2D eigenvalue weighted by atomic mass is 9.82. The van der Waals surface area contributed by atoms with Gasteiger partial charge in [0.1, 0.15) is 0 Å². The summed E-state index contributed by atoms with van der Waals surface area (Å²) < 4.78 is 0. The van der Waals surface area contributed by atoms with Crippen molar-refractivity contribution < 1.29 is 14.7 Å². The van der Waals surface area contributed by atoms with Crippen LogP contribution in [0.3, 0.4) is 0 Å². The highest BCUT2D eigenvalue weighted by Gasteiger charge is 2.28. The van der Waals surface area contributed by atoms with Crippen LogP contribution in [0.4, 0.5) is 0 Å². The SMILES string of the molecule is CC(C)C(CNC(=O)C1CCCc2ccccc21)C(=O)O. The third-order valence-electron chi connectivity index (χ3n) is 4.30. The van der Waals surface area contributed by atoms with Gasteiger partial charge in [-0.15, -0.1) is 0 Å². The fraction of sp³-hybridized carbons (Fsp3) is 0.529. The molecule has 2 rings (SSSR count). The van der Waals surface area contributed by atoms with Crippen LogP contribution in [-0.4, -0.2) is 23.5 Å². The van der Waals surface area contributed by atoms with Gasteiger partial charge in [-0.3, -0.25) is 9.59 Å². The summed E-state index contributed by atoms with van der Waals surface area (Å²) in [7, 11) is 0. The van der Waals surface area contributed by atoms with E-state index in [1.165, 1.54) is 5.56 Å². The highest BCUT2D eigenvalue weighted by molar-refractivity contribution is 5.84. The van der Waals surface area contributed by atoms with Crippen LogP contribution in [0.2, 0.25) is 0 Å². The molecule has 114 valence electrons. The van der Waals surface area contributed by atoms with Crippen LogP contribution < -0.4 is 5.32 Å². The lowest BCUT2D eigenvalue weighted by molar-refractivity contribution is -0.143. The van der Waals surface area contributed by atoms with Gasteiger partial charge < -0.3 is 10.4 Å². The molecule has 0 aliphatic heterocycles. The number of benzene rings is 1. The zero-order valence-electron chi connectivity index (χ0n) is 12.6. The number of fused-ring (bicyclic) bond motifs is 1. The molecule has 0 bridgehead atoms. The van der Waals surface area contributed by atoms with Crippen molar-refractivity contribution >= 4 is 11.9 Å². The van der Waals surface area contributed by atoms with Crippen molar-refractivity contribution in [2.45, 2.75) is 39.0 Å². The first-order chi connectivity index (χ1) is 10.0. The number of hydrogen-bond acceptors (Lipinski definition) is 2. The maximum absolute atomic E-state index is 12.4. The van der Waals surface area contributed by atoms with E-state index in [4.69, 9.17) is 0 Å². The van der Waals surface area contributed by atoms with Crippen LogP contribution in [-0.2, 0) is 16.0 Å². The van der Waals surface area contributed by atoms with E-state index in [-0.39, 0.29) is 24.3 Å². The second-order valence-electron chi connectivity index (χ2n) is 6.08. The molecule has 0 aromatic heterocycles. The quantitative estimate of drug-likeness (QED) is 0.875. The van der Waals surface area contributed by atoms with Gasteiger partial charge >= 0.3 is 5.97 Å². The monoisotopic (exact) mass is 289 g/mol. The van der Waals surface area contributed by atoms with Gasteiger partial charge in [0.2, 0.25) is 5.91 Å². The Labute approximate surface area is 125 Å². The molecular weight excluding hydrogens is 266 g/mol. The van der Waals surface area contributed by atoms with Gasteiger partial charge in [-0.05, 0) is 36.3 Å². The molecule has 1 aliphatic carbocycles. The number of carboxylic acid groups (broad SMARTS) is 1. The predicted octanol–water partition coefficient (Wildman–Crippen LogP) is 2.58. The molecule has 0 heterocycles. The van der Waals surface area contributed by atoms with Crippen molar-refractivity contribution in [1.29, 1.82) is 0 Å². The topological polar surface area (TPSA) is 66.4 Å².